The lowest BCUT2D eigenvalue weighted by atomic mass is 10.2. The van der Waals surface area contributed by atoms with Crippen LogP contribution in [0.3, 0.4) is 0 Å². The van der Waals surface area contributed by atoms with Gasteiger partial charge < -0.3 is 4.57 Å². The molecule has 30 heavy (non-hydrogen) atoms. The van der Waals surface area contributed by atoms with Crippen LogP contribution in [0.5, 0.6) is 0 Å². The summed E-state index contributed by atoms with van der Waals surface area (Å²) in [6, 6.07) is 29.8. The molecule has 0 N–H and O–H groups in total. The normalized spacial score (nSPS) is 15.6. The number of nitrogens with zero attached hydrogens (tertiary/aromatic N) is 4. The molecule has 0 spiro atoms. The van der Waals surface area contributed by atoms with Crippen LogP contribution in [0.25, 0.3) is 11.0 Å². The molecule has 1 aliphatic heterocycles. The van der Waals surface area contributed by atoms with Gasteiger partial charge in [-0.1, -0.05) is 60.7 Å². The standard InChI is InChI=1S/C25H26N4S/c1-3-9-21(10-4-1)19-29-24-14-8-7-13-23(24)26-25(29)20-27-15-17-28(18-16-27)30-22-11-5-2-6-12-22/h1-14H,15-20H2. The van der Waals surface area contributed by atoms with Gasteiger partial charge in [-0.2, -0.15) is 0 Å². The summed E-state index contributed by atoms with van der Waals surface area (Å²) in [7, 11) is 0. The van der Waals surface area contributed by atoms with E-state index in [0.29, 0.717) is 0 Å². The third-order valence-electron chi connectivity index (χ3n) is 5.59. The van der Waals surface area contributed by atoms with Crippen LogP contribution in [0.1, 0.15) is 11.4 Å². The SMILES string of the molecule is c1ccc(Cn2c(CN3CCN(Sc4ccccc4)CC3)nc3ccccc32)cc1. The number of hydrogen-bond acceptors (Lipinski definition) is 4. The number of hydrogen-bond donors (Lipinski definition) is 0. The molecule has 0 atom stereocenters. The van der Waals surface area contributed by atoms with Crippen molar-refractivity contribution in [3.8, 4) is 0 Å². The Kier molecular flexibility index (Phi) is 5.84. The van der Waals surface area contributed by atoms with Crippen molar-refractivity contribution in [2.75, 3.05) is 26.2 Å². The Balaban J connectivity index is 1.29. The van der Waals surface area contributed by atoms with Crippen LogP contribution in [0.4, 0.5) is 0 Å². The molecule has 5 rings (SSSR count). The van der Waals surface area contributed by atoms with Gasteiger partial charge in [-0.15, -0.1) is 0 Å². The maximum absolute atomic E-state index is 4.99. The minimum Gasteiger partial charge on any atom is -0.322 e. The van der Waals surface area contributed by atoms with E-state index in [0.717, 1.165) is 50.6 Å². The number of para-hydroxylation sites is 2. The summed E-state index contributed by atoms with van der Waals surface area (Å²) < 4.78 is 4.86. The lowest BCUT2D eigenvalue weighted by Gasteiger charge is -2.33. The molecule has 1 aromatic heterocycles. The second-order valence-corrected chi connectivity index (χ2v) is 8.87. The Hall–Kier alpha value is -2.60. The Labute approximate surface area is 182 Å². The number of benzene rings is 3. The first-order valence-corrected chi connectivity index (χ1v) is 11.3. The van der Waals surface area contributed by atoms with Crippen molar-refractivity contribution >= 4 is 23.0 Å². The lowest BCUT2D eigenvalue weighted by Crippen LogP contribution is -2.43. The molecule has 1 fully saturated rings. The maximum atomic E-state index is 4.99. The Morgan fingerprint density at radius 3 is 2.13 bits per heavy atom. The smallest absolute Gasteiger partial charge is 0.124 e. The molecule has 5 heteroatoms. The van der Waals surface area contributed by atoms with Gasteiger partial charge in [0.15, 0.2) is 0 Å². The van der Waals surface area contributed by atoms with Gasteiger partial charge in [0, 0.05) is 37.6 Å². The summed E-state index contributed by atoms with van der Waals surface area (Å²) in [5.74, 6) is 1.16. The highest BCUT2D eigenvalue weighted by Gasteiger charge is 2.20. The van der Waals surface area contributed by atoms with Crippen LogP contribution in [-0.2, 0) is 13.1 Å². The van der Waals surface area contributed by atoms with E-state index in [4.69, 9.17) is 4.98 Å². The quantitative estimate of drug-likeness (QED) is 0.419. The monoisotopic (exact) mass is 414 g/mol. The fourth-order valence-corrected chi connectivity index (χ4v) is 4.92. The van der Waals surface area contributed by atoms with Crippen molar-refractivity contribution in [1.82, 2.24) is 18.8 Å². The zero-order valence-electron chi connectivity index (χ0n) is 17.0. The zero-order valence-corrected chi connectivity index (χ0v) is 17.8. The highest BCUT2D eigenvalue weighted by Crippen LogP contribution is 2.24. The van der Waals surface area contributed by atoms with Crippen molar-refractivity contribution in [3.05, 3.63) is 96.3 Å². The van der Waals surface area contributed by atoms with Crippen LogP contribution in [0.15, 0.2) is 89.8 Å². The van der Waals surface area contributed by atoms with Gasteiger partial charge in [0.25, 0.3) is 0 Å². The van der Waals surface area contributed by atoms with E-state index in [-0.39, 0.29) is 0 Å². The van der Waals surface area contributed by atoms with Gasteiger partial charge in [-0.3, -0.25) is 4.90 Å². The molecule has 0 saturated carbocycles. The van der Waals surface area contributed by atoms with Gasteiger partial charge in [-0.25, -0.2) is 9.29 Å². The first-order chi connectivity index (χ1) is 14.8. The van der Waals surface area contributed by atoms with E-state index in [1.807, 2.05) is 11.9 Å². The molecule has 0 amide bonds. The van der Waals surface area contributed by atoms with Crippen LogP contribution in [0.2, 0.25) is 0 Å². The van der Waals surface area contributed by atoms with E-state index in [1.165, 1.54) is 16.0 Å². The predicted octanol–water partition coefficient (Wildman–Crippen LogP) is 4.91. The topological polar surface area (TPSA) is 24.3 Å². The van der Waals surface area contributed by atoms with Gasteiger partial charge >= 0.3 is 0 Å². The average Bonchev–Trinajstić information content (AvgIpc) is 3.13. The lowest BCUT2D eigenvalue weighted by molar-refractivity contribution is 0.184. The Morgan fingerprint density at radius 2 is 1.37 bits per heavy atom. The van der Waals surface area contributed by atoms with Crippen molar-refractivity contribution in [1.29, 1.82) is 0 Å². The average molecular weight is 415 g/mol. The molecule has 0 unspecified atom stereocenters. The van der Waals surface area contributed by atoms with Gasteiger partial charge in [0.2, 0.25) is 0 Å². The fraction of sp³-hybridized carbons (Fsp3) is 0.240. The largest absolute Gasteiger partial charge is 0.322 e. The minimum atomic E-state index is 0.862. The molecule has 3 aromatic carbocycles. The summed E-state index contributed by atoms with van der Waals surface area (Å²) in [6.07, 6.45) is 0. The van der Waals surface area contributed by atoms with Crippen molar-refractivity contribution < 1.29 is 0 Å². The van der Waals surface area contributed by atoms with E-state index < -0.39 is 0 Å². The van der Waals surface area contributed by atoms with Crippen LogP contribution >= 0.6 is 11.9 Å². The van der Waals surface area contributed by atoms with Gasteiger partial charge in [0.05, 0.1) is 17.6 Å². The second-order valence-electron chi connectivity index (χ2n) is 7.70. The summed E-state index contributed by atoms with van der Waals surface area (Å²) in [5.41, 5.74) is 3.61. The van der Waals surface area contributed by atoms with E-state index in [1.54, 1.807) is 0 Å². The maximum Gasteiger partial charge on any atom is 0.124 e. The number of piperazine rings is 1. The predicted molar refractivity (Wildman–Crippen MR) is 124 cm³/mol. The minimum absolute atomic E-state index is 0.862. The van der Waals surface area contributed by atoms with Crippen molar-refractivity contribution in [3.63, 3.8) is 0 Å². The number of fused-ring (bicyclic) bond motifs is 1. The van der Waals surface area contributed by atoms with Crippen LogP contribution in [0, 0.1) is 0 Å². The van der Waals surface area contributed by atoms with Crippen LogP contribution < -0.4 is 0 Å². The van der Waals surface area contributed by atoms with Crippen LogP contribution in [-0.4, -0.2) is 44.9 Å². The van der Waals surface area contributed by atoms with Gasteiger partial charge in [0.1, 0.15) is 5.82 Å². The Bertz CT molecular complexity index is 1090. The highest BCUT2D eigenvalue weighted by molar-refractivity contribution is 7.97. The second kappa shape index (κ2) is 9.04. The molecule has 4 aromatic rings. The molecule has 2 heterocycles. The number of imidazole rings is 1. The Morgan fingerprint density at radius 1 is 0.700 bits per heavy atom. The summed E-state index contributed by atoms with van der Waals surface area (Å²) in [6.45, 7) is 6.02. The molecule has 0 radical (unpaired) electrons. The first kappa shape index (κ1) is 19.4. The number of aromatic nitrogens is 2. The molecule has 1 saturated heterocycles. The van der Waals surface area contributed by atoms with E-state index >= 15 is 0 Å². The summed E-state index contributed by atoms with van der Waals surface area (Å²) >= 11 is 1.87. The number of rotatable bonds is 6. The van der Waals surface area contributed by atoms with Crippen molar-refractivity contribution in [2.24, 2.45) is 0 Å². The first-order valence-electron chi connectivity index (χ1n) is 10.5. The van der Waals surface area contributed by atoms with E-state index in [2.05, 4.69) is 98.7 Å². The highest BCUT2D eigenvalue weighted by atomic mass is 32.2. The molecule has 1 aliphatic rings. The van der Waals surface area contributed by atoms with Gasteiger partial charge in [-0.05, 0) is 41.8 Å². The molecular weight excluding hydrogens is 388 g/mol. The third-order valence-corrected chi connectivity index (χ3v) is 6.70. The zero-order chi connectivity index (χ0) is 20.2. The summed E-state index contributed by atoms with van der Waals surface area (Å²) in [5, 5.41) is 0. The fourth-order valence-electron chi connectivity index (χ4n) is 4.00. The molecule has 4 nitrogen and oxygen atoms in total. The van der Waals surface area contributed by atoms with Crippen molar-refractivity contribution in [2.45, 2.75) is 18.0 Å². The molecule has 0 aliphatic carbocycles. The molecule has 0 bridgehead atoms. The third kappa shape index (κ3) is 4.43. The molecule has 152 valence electrons. The molecular formula is C25H26N4S. The summed E-state index contributed by atoms with van der Waals surface area (Å²) in [4.78, 5) is 8.84. The van der Waals surface area contributed by atoms with E-state index in [9.17, 15) is 0 Å².